The van der Waals surface area contributed by atoms with Crippen molar-refractivity contribution >= 4 is 36.0 Å². The second-order valence-electron chi connectivity index (χ2n) is 4.11. The molecule has 0 aromatic heterocycles. The average molecular weight is 365 g/mol. The number of hydrogen-bond acceptors (Lipinski definition) is 7. The molecule has 0 aliphatic heterocycles. The molecule has 0 amide bonds. The first kappa shape index (κ1) is 19.4. The molecule has 22 heavy (non-hydrogen) atoms. The summed E-state index contributed by atoms with van der Waals surface area (Å²) >= 11 is 6.72. The lowest BCUT2D eigenvalue weighted by Crippen LogP contribution is -2.02. The Morgan fingerprint density at radius 3 is 2.41 bits per heavy atom. The zero-order valence-corrected chi connectivity index (χ0v) is 15.3. The van der Waals surface area contributed by atoms with E-state index in [1.54, 1.807) is 6.07 Å². The van der Waals surface area contributed by atoms with E-state index in [0.717, 1.165) is 12.2 Å². The molecular formula is C13H20NO5PS2. The molecule has 0 saturated heterocycles. The van der Waals surface area contributed by atoms with Crippen LogP contribution in [0.4, 0.5) is 5.69 Å². The molecule has 1 rings (SSSR count). The average Bonchev–Trinajstić information content (AvgIpc) is 2.45. The number of nitrogens with zero attached hydrogens (tertiary/aromatic N) is 1. The van der Waals surface area contributed by atoms with Crippen molar-refractivity contribution in [3.8, 4) is 5.75 Å². The first-order chi connectivity index (χ1) is 10.5. The fraction of sp³-hybridized carbons (Fsp3) is 0.538. The Balaban J connectivity index is 3.04. The number of benzene rings is 1. The molecule has 0 radical (unpaired) electrons. The minimum Gasteiger partial charge on any atom is -0.424 e. The summed E-state index contributed by atoms with van der Waals surface area (Å²) in [6.45, 7) is 3.51. The summed E-state index contributed by atoms with van der Waals surface area (Å²) in [4.78, 5) is 11.2. The van der Waals surface area contributed by atoms with Crippen LogP contribution in [0.15, 0.2) is 23.1 Å². The summed E-state index contributed by atoms with van der Waals surface area (Å²) in [6.07, 6.45) is 0.919. The summed E-state index contributed by atoms with van der Waals surface area (Å²) in [5.74, 6) is 1.21. The standard InChI is InChI=1S/C13H20NO5PS2/c1-4-9-22-13-10-11(7-8-12(13)14(15)16)19-20(21,17-5-2)18-6-3/h7-8,10H,4-6,9H2,1-3H3. The van der Waals surface area contributed by atoms with Crippen molar-refractivity contribution in [1.29, 1.82) is 0 Å². The van der Waals surface area contributed by atoms with Crippen LogP contribution in [0.25, 0.3) is 0 Å². The highest BCUT2D eigenvalue weighted by molar-refractivity contribution is 8.07. The van der Waals surface area contributed by atoms with Crippen LogP contribution in [0, 0.1) is 10.1 Å². The molecule has 0 bridgehead atoms. The molecule has 0 aliphatic rings. The summed E-state index contributed by atoms with van der Waals surface area (Å²) in [6, 6.07) is 4.57. The maximum absolute atomic E-state index is 11.1. The Morgan fingerprint density at radius 1 is 1.27 bits per heavy atom. The normalized spacial score (nSPS) is 11.4. The Labute approximate surface area is 139 Å². The van der Waals surface area contributed by atoms with Crippen LogP contribution in [-0.2, 0) is 20.9 Å². The Morgan fingerprint density at radius 2 is 1.91 bits per heavy atom. The van der Waals surface area contributed by atoms with Crippen LogP contribution < -0.4 is 4.52 Å². The largest absolute Gasteiger partial charge is 0.424 e. The highest BCUT2D eigenvalue weighted by atomic mass is 32.5. The molecule has 1 aromatic rings. The molecule has 0 saturated carbocycles. The van der Waals surface area contributed by atoms with Gasteiger partial charge in [-0.3, -0.25) is 19.2 Å². The second kappa shape index (κ2) is 9.47. The molecule has 0 unspecified atom stereocenters. The maximum Gasteiger partial charge on any atom is 0.380 e. The van der Waals surface area contributed by atoms with E-state index < -0.39 is 11.6 Å². The van der Waals surface area contributed by atoms with E-state index in [1.165, 1.54) is 23.9 Å². The maximum atomic E-state index is 11.1. The van der Waals surface area contributed by atoms with Gasteiger partial charge in [0.15, 0.2) is 0 Å². The van der Waals surface area contributed by atoms with Crippen LogP contribution in [0.5, 0.6) is 5.75 Å². The minimum absolute atomic E-state index is 0.0620. The molecular weight excluding hydrogens is 345 g/mol. The predicted octanol–water partition coefficient (Wildman–Crippen LogP) is 4.77. The SMILES string of the molecule is CCCSc1cc(OP(=S)(OCC)OCC)ccc1[N+](=O)[O-]. The lowest BCUT2D eigenvalue weighted by Gasteiger charge is -2.21. The van der Waals surface area contributed by atoms with Crippen LogP contribution >= 0.6 is 18.5 Å². The molecule has 0 heterocycles. The third kappa shape index (κ3) is 5.85. The Kier molecular flexibility index (Phi) is 8.35. The van der Waals surface area contributed by atoms with Gasteiger partial charge in [0.25, 0.3) is 5.69 Å². The number of thioether (sulfide) groups is 1. The van der Waals surface area contributed by atoms with Crippen LogP contribution in [0.3, 0.4) is 0 Å². The van der Waals surface area contributed by atoms with Crippen LogP contribution in [-0.4, -0.2) is 23.9 Å². The van der Waals surface area contributed by atoms with Gasteiger partial charge in [-0.2, -0.15) is 0 Å². The topological polar surface area (TPSA) is 70.8 Å². The molecule has 0 aliphatic carbocycles. The summed E-state index contributed by atoms with van der Waals surface area (Å²) in [5.41, 5.74) is 0.0620. The van der Waals surface area contributed by atoms with Crippen molar-refractivity contribution < 1.29 is 18.5 Å². The van der Waals surface area contributed by atoms with Crippen molar-refractivity contribution in [3.05, 3.63) is 28.3 Å². The first-order valence-electron chi connectivity index (χ1n) is 6.95. The lowest BCUT2D eigenvalue weighted by molar-refractivity contribution is -0.387. The fourth-order valence-corrected chi connectivity index (χ4v) is 4.55. The lowest BCUT2D eigenvalue weighted by atomic mass is 10.3. The van der Waals surface area contributed by atoms with Gasteiger partial charge in [-0.15, -0.1) is 11.8 Å². The Bertz CT molecular complexity index is 545. The van der Waals surface area contributed by atoms with E-state index in [0.29, 0.717) is 23.9 Å². The zero-order chi connectivity index (χ0) is 16.6. The smallest absolute Gasteiger partial charge is 0.380 e. The second-order valence-corrected chi connectivity index (χ2v) is 8.18. The van der Waals surface area contributed by atoms with Gasteiger partial charge >= 0.3 is 6.72 Å². The third-order valence-corrected chi connectivity index (χ3v) is 6.07. The highest BCUT2D eigenvalue weighted by Gasteiger charge is 2.23. The molecule has 1 aromatic carbocycles. The quantitative estimate of drug-likeness (QED) is 0.256. The van der Waals surface area contributed by atoms with Gasteiger partial charge in [0.1, 0.15) is 5.75 Å². The summed E-state index contributed by atoms with van der Waals surface area (Å²) < 4.78 is 16.5. The minimum atomic E-state index is -2.87. The van der Waals surface area contributed by atoms with Gasteiger partial charge in [0.2, 0.25) is 0 Å². The van der Waals surface area contributed by atoms with E-state index in [4.69, 9.17) is 25.4 Å². The van der Waals surface area contributed by atoms with Crippen molar-refractivity contribution in [2.75, 3.05) is 19.0 Å². The molecule has 6 nitrogen and oxygen atoms in total. The van der Waals surface area contributed by atoms with E-state index in [2.05, 4.69) is 0 Å². The summed E-state index contributed by atoms with van der Waals surface area (Å²) in [5, 5.41) is 11.1. The number of rotatable bonds is 10. The number of nitro groups is 1. The zero-order valence-electron chi connectivity index (χ0n) is 12.8. The summed E-state index contributed by atoms with van der Waals surface area (Å²) in [7, 11) is 0. The predicted molar refractivity (Wildman–Crippen MR) is 92.3 cm³/mol. The van der Waals surface area contributed by atoms with Gasteiger partial charge < -0.3 is 4.52 Å². The van der Waals surface area contributed by atoms with Gasteiger partial charge in [-0.25, -0.2) is 0 Å². The van der Waals surface area contributed by atoms with Crippen LogP contribution in [0.1, 0.15) is 27.2 Å². The van der Waals surface area contributed by atoms with Crippen molar-refractivity contribution in [1.82, 2.24) is 0 Å². The third-order valence-electron chi connectivity index (χ3n) is 2.38. The molecule has 0 fully saturated rings. The Hall–Kier alpha value is -0.660. The van der Waals surface area contributed by atoms with Gasteiger partial charge in [0, 0.05) is 23.9 Å². The van der Waals surface area contributed by atoms with Crippen LogP contribution in [0.2, 0.25) is 0 Å². The molecule has 9 heteroatoms. The van der Waals surface area contributed by atoms with Crippen molar-refractivity contribution in [2.24, 2.45) is 0 Å². The van der Waals surface area contributed by atoms with E-state index in [1.807, 2.05) is 20.8 Å². The number of hydrogen-bond donors (Lipinski definition) is 0. The van der Waals surface area contributed by atoms with E-state index in [9.17, 15) is 10.1 Å². The molecule has 0 N–H and O–H groups in total. The highest BCUT2D eigenvalue weighted by Crippen LogP contribution is 2.50. The fourth-order valence-electron chi connectivity index (χ4n) is 1.56. The molecule has 0 atom stereocenters. The monoisotopic (exact) mass is 365 g/mol. The molecule has 0 spiro atoms. The number of nitro benzene ring substituents is 1. The van der Waals surface area contributed by atoms with Gasteiger partial charge in [0.05, 0.1) is 23.0 Å². The van der Waals surface area contributed by atoms with E-state index >= 15 is 0 Å². The van der Waals surface area contributed by atoms with Crippen molar-refractivity contribution in [2.45, 2.75) is 32.1 Å². The van der Waals surface area contributed by atoms with Gasteiger partial charge in [-0.05, 0) is 32.1 Å². The van der Waals surface area contributed by atoms with Gasteiger partial charge in [-0.1, -0.05) is 6.92 Å². The first-order valence-corrected chi connectivity index (χ1v) is 10.5. The van der Waals surface area contributed by atoms with E-state index in [-0.39, 0.29) is 5.69 Å². The van der Waals surface area contributed by atoms with Crippen molar-refractivity contribution in [3.63, 3.8) is 0 Å². The molecule has 124 valence electrons.